The molecule has 0 atom stereocenters. The third-order valence-electron chi connectivity index (χ3n) is 3.60. The Labute approximate surface area is 140 Å². The highest BCUT2D eigenvalue weighted by atomic mass is 16.5. The van der Waals surface area contributed by atoms with Crippen LogP contribution in [-0.4, -0.2) is 31.3 Å². The molecule has 0 saturated heterocycles. The van der Waals surface area contributed by atoms with Gasteiger partial charge in [-0.25, -0.2) is 9.59 Å². The van der Waals surface area contributed by atoms with Crippen LogP contribution in [-0.2, 0) is 9.53 Å². The number of rotatable bonds is 5. The van der Waals surface area contributed by atoms with Crippen LogP contribution in [0.4, 0.5) is 0 Å². The number of ether oxygens (including phenoxy) is 2. The maximum atomic E-state index is 12.3. The van der Waals surface area contributed by atoms with Gasteiger partial charge < -0.3 is 14.6 Å². The molecule has 0 spiro atoms. The standard InChI is InChI=1S/C19H18O5/c1-12(18(20)21)11-14-5-4-6-16(17(14)19(22)24-3)13-7-9-15(23-2)10-8-13/h4-11H,1-3H3,(H,20,21). The first-order chi connectivity index (χ1) is 11.5. The van der Waals surface area contributed by atoms with Crippen LogP contribution in [0.25, 0.3) is 17.2 Å². The van der Waals surface area contributed by atoms with Crippen LogP contribution in [0.15, 0.2) is 48.0 Å². The van der Waals surface area contributed by atoms with Gasteiger partial charge in [-0.3, -0.25) is 0 Å². The molecule has 0 aliphatic rings. The van der Waals surface area contributed by atoms with Crippen LogP contribution < -0.4 is 4.74 Å². The number of esters is 1. The fourth-order valence-corrected chi connectivity index (χ4v) is 2.33. The fourth-order valence-electron chi connectivity index (χ4n) is 2.33. The van der Waals surface area contributed by atoms with Crippen molar-refractivity contribution in [2.45, 2.75) is 6.92 Å². The van der Waals surface area contributed by atoms with E-state index < -0.39 is 11.9 Å². The first kappa shape index (κ1) is 17.3. The van der Waals surface area contributed by atoms with Crippen molar-refractivity contribution in [1.29, 1.82) is 0 Å². The number of carbonyl (C=O) groups is 2. The summed E-state index contributed by atoms with van der Waals surface area (Å²) >= 11 is 0. The van der Waals surface area contributed by atoms with E-state index >= 15 is 0 Å². The maximum Gasteiger partial charge on any atom is 0.339 e. The van der Waals surface area contributed by atoms with E-state index in [9.17, 15) is 9.59 Å². The second kappa shape index (κ2) is 7.46. The van der Waals surface area contributed by atoms with Crippen molar-refractivity contribution >= 4 is 18.0 Å². The number of carboxylic acid groups (broad SMARTS) is 1. The minimum Gasteiger partial charge on any atom is -0.497 e. The quantitative estimate of drug-likeness (QED) is 0.671. The molecule has 5 nitrogen and oxygen atoms in total. The summed E-state index contributed by atoms with van der Waals surface area (Å²) in [4.78, 5) is 23.4. The van der Waals surface area contributed by atoms with E-state index in [4.69, 9.17) is 14.6 Å². The summed E-state index contributed by atoms with van der Waals surface area (Å²) in [6.07, 6.45) is 1.46. The van der Waals surface area contributed by atoms with Crippen molar-refractivity contribution in [1.82, 2.24) is 0 Å². The molecule has 2 aromatic carbocycles. The molecule has 0 bridgehead atoms. The van der Waals surface area contributed by atoms with Crippen molar-refractivity contribution < 1.29 is 24.2 Å². The molecule has 1 N–H and O–H groups in total. The van der Waals surface area contributed by atoms with Gasteiger partial charge in [-0.15, -0.1) is 0 Å². The minimum atomic E-state index is -1.04. The molecule has 0 fully saturated rings. The van der Waals surface area contributed by atoms with Gasteiger partial charge in [-0.05, 0) is 41.8 Å². The molecule has 0 amide bonds. The Bertz CT molecular complexity index is 788. The monoisotopic (exact) mass is 326 g/mol. The summed E-state index contributed by atoms with van der Waals surface area (Å²) in [6.45, 7) is 1.48. The zero-order chi connectivity index (χ0) is 17.7. The fraction of sp³-hybridized carbons (Fsp3) is 0.158. The average Bonchev–Trinajstić information content (AvgIpc) is 2.60. The van der Waals surface area contributed by atoms with Gasteiger partial charge in [0.1, 0.15) is 5.75 Å². The minimum absolute atomic E-state index is 0.132. The highest BCUT2D eigenvalue weighted by molar-refractivity contribution is 6.02. The number of carboxylic acids is 1. The predicted molar refractivity (Wildman–Crippen MR) is 91.1 cm³/mol. The highest BCUT2D eigenvalue weighted by Gasteiger charge is 2.18. The summed E-state index contributed by atoms with van der Waals surface area (Å²) in [6, 6.07) is 12.5. The number of hydrogen-bond donors (Lipinski definition) is 1. The number of methoxy groups -OCH3 is 2. The van der Waals surface area contributed by atoms with Gasteiger partial charge in [0.2, 0.25) is 0 Å². The third-order valence-corrected chi connectivity index (χ3v) is 3.60. The molecular formula is C19H18O5. The Kier molecular flexibility index (Phi) is 5.37. The largest absolute Gasteiger partial charge is 0.497 e. The Morgan fingerprint density at radius 1 is 1.04 bits per heavy atom. The van der Waals surface area contributed by atoms with Gasteiger partial charge in [0.25, 0.3) is 0 Å². The van der Waals surface area contributed by atoms with Crippen LogP contribution in [0.1, 0.15) is 22.8 Å². The van der Waals surface area contributed by atoms with E-state index in [2.05, 4.69) is 0 Å². The Morgan fingerprint density at radius 3 is 2.25 bits per heavy atom. The third kappa shape index (κ3) is 3.63. The molecule has 24 heavy (non-hydrogen) atoms. The molecule has 0 heterocycles. The van der Waals surface area contributed by atoms with Gasteiger partial charge in [0.05, 0.1) is 19.8 Å². The Morgan fingerprint density at radius 2 is 1.71 bits per heavy atom. The second-order valence-corrected chi connectivity index (χ2v) is 5.12. The lowest BCUT2D eigenvalue weighted by molar-refractivity contribution is -0.132. The lowest BCUT2D eigenvalue weighted by atomic mass is 9.94. The summed E-state index contributed by atoms with van der Waals surface area (Å²) in [5, 5.41) is 9.08. The first-order valence-corrected chi connectivity index (χ1v) is 7.25. The van der Waals surface area contributed by atoms with Crippen molar-refractivity contribution in [2.24, 2.45) is 0 Å². The van der Waals surface area contributed by atoms with E-state index in [-0.39, 0.29) is 5.57 Å². The molecule has 0 aliphatic heterocycles. The van der Waals surface area contributed by atoms with Gasteiger partial charge in [0, 0.05) is 5.57 Å². The van der Waals surface area contributed by atoms with Crippen molar-refractivity contribution in [3.63, 3.8) is 0 Å². The smallest absolute Gasteiger partial charge is 0.339 e. The molecule has 2 rings (SSSR count). The van der Waals surface area contributed by atoms with Crippen molar-refractivity contribution in [3.05, 3.63) is 59.2 Å². The topological polar surface area (TPSA) is 72.8 Å². The highest BCUT2D eigenvalue weighted by Crippen LogP contribution is 2.29. The SMILES string of the molecule is COC(=O)c1c(C=C(C)C(=O)O)cccc1-c1ccc(OC)cc1. The van der Waals surface area contributed by atoms with E-state index in [0.717, 1.165) is 5.56 Å². The summed E-state index contributed by atoms with van der Waals surface area (Å²) in [5.41, 5.74) is 2.42. The first-order valence-electron chi connectivity index (χ1n) is 7.25. The number of aliphatic carboxylic acids is 1. The van der Waals surface area contributed by atoms with Crippen molar-refractivity contribution in [3.8, 4) is 16.9 Å². The van der Waals surface area contributed by atoms with Crippen molar-refractivity contribution in [2.75, 3.05) is 14.2 Å². The molecule has 0 unspecified atom stereocenters. The maximum absolute atomic E-state index is 12.3. The molecule has 5 heteroatoms. The second-order valence-electron chi connectivity index (χ2n) is 5.12. The molecule has 124 valence electrons. The van der Waals surface area contributed by atoms with E-state index in [1.54, 1.807) is 37.4 Å². The number of benzene rings is 2. The lowest BCUT2D eigenvalue weighted by Gasteiger charge is -2.12. The van der Waals surface area contributed by atoms with Gasteiger partial charge in [-0.2, -0.15) is 0 Å². The lowest BCUT2D eigenvalue weighted by Crippen LogP contribution is -2.07. The van der Waals surface area contributed by atoms with Crippen LogP contribution >= 0.6 is 0 Å². The molecular weight excluding hydrogens is 308 g/mol. The zero-order valence-electron chi connectivity index (χ0n) is 13.7. The zero-order valence-corrected chi connectivity index (χ0v) is 13.7. The van der Waals surface area contributed by atoms with Crippen LogP contribution in [0.5, 0.6) is 5.75 Å². The van der Waals surface area contributed by atoms with E-state index in [0.29, 0.717) is 22.4 Å². The van der Waals surface area contributed by atoms with Crippen LogP contribution in [0.2, 0.25) is 0 Å². The Hall–Kier alpha value is -3.08. The molecule has 2 aromatic rings. The summed E-state index contributed by atoms with van der Waals surface area (Å²) in [5.74, 6) is -0.859. The van der Waals surface area contributed by atoms with Gasteiger partial charge in [-0.1, -0.05) is 30.3 Å². The Balaban J connectivity index is 2.65. The van der Waals surface area contributed by atoms with Gasteiger partial charge >= 0.3 is 11.9 Å². The predicted octanol–water partition coefficient (Wildman–Crippen LogP) is 3.64. The molecule has 0 radical (unpaired) electrons. The van der Waals surface area contributed by atoms with Crippen LogP contribution in [0, 0.1) is 0 Å². The average molecular weight is 326 g/mol. The summed E-state index contributed by atoms with van der Waals surface area (Å²) in [7, 11) is 2.87. The molecule has 0 aliphatic carbocycles. The molecule has 0 saturated carbocycles. The molecule has 0 aromatic heterocycles. The van der Waals surface area contributed by atoms with Gasteiger partial charge in [0.15, 0.2) is 0 Å². The number of hydrogen-bond acceptors (Lipinski definition) is 4. The normalized spacial score (nSPS) is 11.0. The number of carbonyl (C=O) groups excluding carboxylic acids is 1. The van der Waals surface area contributed by atoms with E-state index in [1.807, 2.05) is 12.1 Å². The van der Waals surface area contributed by atoms with Crippen LogP contribution in [0.3, 0.4) is 0 Å². The van der Waals surface area contributed by atoms with E-state index in [1.165, 1.54) is 20.1 Å². The summed E-state index contributed by atoms with van der Waals surface area (Å²) < 4.78 is 10.0.